The molecule has 1 N–H and O–H groups in total. The van der Waals surface area contributed by atoms with Gasteiger partial charge < -0.3 is 10.1 Å². The minimum absolute atomic E-state index is 0.0970. The average Bonchev–Trinajstić information content (AvgIpc) is 2.72. The molecule has 7 heteroatoms. The molecular formula is C22H27N3O4. The molecule has 0 saturated carbocycles. The van der Waals surface area contributed by atoms with E-state index in [1.54, 1.807) is 19.1 Å². The van der Waals surface area contributed by atoms with Crippen LogP contribution < -0.4 is 5.32 Å². The number of rotatable bonds is 7. The van der Waals surface area contributed by atoms with Crippen molar-refractivity contribution in [2.24, 2.45) is 0 Å². The van der Waals surface area contributed by atoms with E-state index in [2.05, 4.69) is 10.2 Å². The zero-order valence-corrected chi connectivity index (χ0v) is 16.8. The summed E-state index contributed by atoms with van der Waals surface area (Å²) in [5, 5.41) is 14.2. The molecule has 2 aromatic rings. The topological polar surface area (TPSA) is 84.7 Å². The summed E-state index contributed by atoms with van der Waals surface area (Å²) >= 11 is 0. The van der Waals surface area contributed by atoms with E-state index in [9.17, 15) is 14.9 Å². The number of anilines is 1. The number of carbonyl (C=O) groups excluding carboxylic acids is 1. The van der Waals surface area contributed by atoms with E-state index in [0.29, 0.717) is 6.61 Å². The molecule has 0 aliphatic carbocycles. The molecule has 1 heterocycles. The normalized spacial score (nSPS) is 16.3. The fourth-order valence-electron chi connectivity index (χ4n) is 3.80. The highest BCUT2D eigenvalue weighted by molar-refractivity contribution is 5.97. The predicted molar refractivity (Wildman–Crippen MR) is 112 cm³/mol. The molecule has 0 bridgehead atoms. The molecule has 0 aromatic heterocycles. The van der Waals surface area contributed by atoms with Gasteiger partial charge in [0.15, 0.2) is 0 Å². The summed E-state index contributed by atoms with van der Waals surface area (Å²) < 4.78 is 5.72. The molecule has 1 saturated heterocycles. The number of ether oxygens (including phenoxy) is 1. The number of aryl methyl sites for hydroxylation is 1. The van der Waals surface area contributed by atoms with Gasteiger partial charge in [-0.3, -0.25) is 19.8 Å². The molecule has 1 aliphatic heterocycles. The molecule has 1 atom stereocenters. The maximum absolute atomic E-state index is 13.3. The summed E-state index contributed by atoms with van der Waals surface area (Å²) in [6.45, 7) is 5.92. The van der Waals surface area contributed by atoms with Crippen LogP contribution in [0.15, 0.2) is 48.5 Å². The van der Waals surface area contributed by atoms with Crippen molar-refractivity contribution in [1.29, 1.82) is 0 Å². The number of hydrogen-bond acceptors (Lipinski definition) is 5. The number of nitro benzene ring substituents is 1. The Morgan fingerprint density at radius 2 is 1.93 bits per heavy atom. The van der Waals surface area contributed by atoms with Crippen LogP contribution in [0.2, 0.25) is 0 Å². The smallest absolute Gasteiger partial charge is 0.293 e. The first-order chi connectivity index (χ1) is 14.0. The number of likely N-dealkylation sites (tertiary alicyclic amines) is 1. The maximum atomic E-state index is 13.3. The van der Waals surface area contributed by atoms with Crippen LogP contribution >= 0.6 is 0 Å². The SMILES string of the molecule is CCOC1CCN(C(C(=O)Nc2ccc(C)cc2[N+](=O)[O-])c2ccccc2)CC1. The number of hydrogen-bond donors (Lipinski definition) is 1. The molecule has 1 aliphatic rings. The third kappa shape index (κ3) is 5.19. The zero-order chi connectivity index (χ0) is 20.8. The molecule has 2 aromatic carbocycles. The van der Waals surface area contributed by atoms with Crippen LogP contribution in [0, 0.1) is 17.0 Å². The van der Waals surface area contributed by atoms with E-state index in [0.717, 1.165) is 37.1 Å². The first-order valence-electron chi connectivity index (χ1n) is 9.96. The average molecular weight is 397 g/mol. The number of carbonyl (C=O) groups is 1. The van der Waals surface area contributed by atoms with Crippen molar-refractivity contribution in [2.45, 2.75) is 38.8 Å². The summed E-state index contributed by atoms with van der Waals surface area (Å²) in [5.41, 5.74) is 1.76. The summed E-state index contributed by atoms with van der Waals surface area (Å²) in [4.78, 5) is 26.4. The summed E-state index contributed by atoms with van der Waals surface area (Å²) in [5.74, 6) is -0.266. The van der Waals surface area contributed by atoms with Crippen LogP contribution in [0.5, 0.6) is 0 Å². The highest BCUT2D eigenvalue weighted by atomic mass is 16.6. The second kappa shape index (κ2) is 9.62. The van der Waals surface area contributed by atoms with Gasteiger partial charge in [-0.2, -0.15) is 0 Å². The first kappa shape index (κ1) is 21.0. The van der Waals surface area contributed by atoms with E-state index in [1.807, 2.05) is 37.3 Å². The number of benzene rings is 2. The summed E-state index contributed by atoms with van der Waals surface area (Å²) in [7, 11) is 0. The van der Waals surface area contributed by atoms with Crippen LogP contribution in [-0.4, -0.2) is 41.5 Å². The molecule has 154 valence electrons. The molecule has 1 unspecified atom stereocenters. The quantitative estimate of drug-likeness (QED) is 0.562. The number of nitrogens with one attached hydrogen (secondary N) is 1. The van der Waals surface area contributed by atoms with Crippen molar-refractivity contribution in [1.82, 2.24) is 4.90 Å². The summed E-state index contributed by atoms with van der Waals surface area (Å²) in [6.07, 6.45) is 1.93. The Balaban J connectivity index is 1.84. The van der Waals surface area contributed by atoms with Crippen LogP contribution in [0.1, 0.15) is 36.9 Å². The van der Waals surface area contributed by atoms with Gasteiger partial charge in [-0.05, 0) is 43.9 Å². The van der Waals surface area contributed by atoms with Crippen LogP contribution in [0.4, 0.5) is 11.4 Å². The van der Waals surface area contributed by atoms with E-state index >= 15 is 0 Å². The van der Waals surface area contributed by atoms with E-state index in [-0.39, 0.29) is 23.4 Å². The fourth-order valence-corrected chi connectivity index (χ4v) is 3.80. The Labute approximate surface area is 170 Å². The Morgan fingerprint density at radius 3 is 2.55 bits per heavy atom. The van der Waals surface area contributed by atoms with Crippen LogP contribution in [0.3, 0.4) is 0 Å². The molecule has 7 nitrogen and oxygen atoms in total. The Hall–Kier alpha value is -2.77. The van der Waals surface area contributed by atoms with Gasteiger partial charge in [0, 0.05) is 25.8 Å². The maximum Gasteiger partial charge on any atom is 0.293 e. The minimum atomic E-state index is -0.514. The molecule has 1 fully saturated rings. The monoisotopic (exact) mass is 397 g/mol. The fraction of sp³-hybridized carbons (Fsp3) is 0.409. The van der Waals surface area contributed by atoms with Crippen molar-refractivity contribution in [3.8, 4) is 0 Å². The van der Waals surface area contributed by atoms with E-state index < -0.39 is 11.0 Å². The van der Waals surface area contributed by atoms with Gasteiger partial charge in [0.1, 0.15) is 11.7 Å². The van der Waals surface area contributed by atoms with Gasteiger partial charge in [0.2, 0.25) is 5.91 Å². The summed E-state index contributed by atoms with van der Waals surface area (Å²) in [6, 6.07) is 13.9. The molecule has 29 heavy (non-hydrogen) atoms. The molecule has 3 rings (SSSR count). The second-order valence-corrected chi connectivity index (χ2v) is 7.27. The molecular weight excluding hydrogens is 370 g/mol. The van der Waals surface area contributed by atoms with Crippen molar-refractivity contribution in [3.63, 3.8) is 0 Å². The lowest BCUT2D eigenvalue weighted by molar-refractivity contribution is -0.384. The third-order valence-electron chi connectivity index (χ3n) is 5.22. The highest BCUT2D eigenvalue weighted by Gasteiger charge is 2.32. The molecule has 0 spiro atoms. The second-order valence-electron chi connectivity index (χ2n) is 7.27. The van der Waals surface area contributed by atoms with Gasteiger partial charge in [-0.25, -0.2) is 0 Å². The number of nitro groups is 1. The van der Waals surface area contributed by atoms with E-state index in [4.69, 9.17) is 4.74 Å². The lowest BCUT2D eigenvalue weighted by atomic mass is 9.99. The lowest BCUT2D eigenvalue weighted by Crippen LogP contribution is -2.43. The Kier molecular flexibility index (Phi) is 6.95. The molecule has 1 amide bonds. The van der Waals surface area contributed by atoms with Crippen molar-refractivity contribution >= 4 is 17.3 Å². The lowest BCUT2D eigenvalue weighted by Gasteiger charge is -2.36. The van der Waals surface area contributed by atoms with Gasteiger partial charge in [-0.1, -0.05) is 36.4 Å². The standard InChI is InChI=1S/C22H27N3O4/c1-3-29-18-11-13-24(14-12-18)21(17-7-5-4-6-8-17)22(26)23-19-10-9-16(2)15-20(19)25(27)28/h4-10,15,18,21H,3,11-14H2,1-2H3,(H,23,26). The zero-order valence-electron chi connectivity index (χ0n) is 16.8. The first-order valence-corrected chi connectivity index (χ1v) is 9.96. The predicted octanol–water partition coefficient (Wildman–Crippen LogP) is 4.08. The van der Waals surface area contributed by atoms with Gasteiger partial charge in [0.05, 0.1) is 11.0 Å². The van der Waals surface area contributed by atoms with Crippen molar-refractivity contribution in [2.75, 3.05) is 25.0 Å². The van der Waals surface area contributed by atoms with Crippen LogP contribution in [-0.2, 0) is 9.53 Å². The minimum Gasteiger partial charge on any atom is -0.378 e. The number of piperidine rings is 1. The highest BCUT2D eigenvalue weighted by Crippen LogP contribution is 2.30. The largest absolute Gasteiger partial charge is 0.378 e. The Bertz CT molecular complexity index is 848. The van der Waals surface area contributed by atoms with Gasteiger partial charge in [-0.15, -0.1) is 0 Å². The van der Waals surface area contributed by atoms with E-state index in [1.165, 1.54) is 6.07 Å². The third-order valence-corrected chi connectivity index (χ3v) is 5.22. The van der Waals surface area contributed by atoms with Crippen molar-refractivity contribution < 1.29 is 14.5 Å². The van der Waals surface area contributed by atoms with Gasteiger partial charge >= 0.3 is 0 Å². The molecule has 0 radical (unpaired) electrons. The van der Waals surface area contributed by atoms with Crippen molar-refractivity contribution in [3.05, 3.63) is 69.8 Å². The number of nitrogens with zero attached hydrogens (tertiary/aromatic N) is 2. The number of amides is 1. The van der Waals surface area contributed by atoms with Crippen LogP contribution in [0.25, 0.3) is 0 Å². The Morgan fingerprint density at radius 1 is 1.24 bits per heavy atom. The van der Waals surface area contributed by atoms with Gasteiger partial charge in [0.25, 0.3) is 5.69 Å².